The lowest BCUT2D eigenvalue weighted by atomic mass is 9.98. The molecule has 4 rings (SSSR count). The van der Waals surface area contributed by atoms with E-state index in [1.165, 1.54) is 0 Å². The molecule has 2 aliphatic rings. The summed E-state index contributed by atoms with van der Waals surface area (Å²) in [5, 5.41) is 3.82. The van der Waals surface area contributed by atoms with Gasteiger partial charge in [-0.1, -0.05) is 6.07 Å². The zero-order chi connectivity index (χ0) is 19.2. The monoisotopic (exact) mass is 370 g/mol. The third-order valence-electron chi connectivity index (χ3n) is 5.56. The predicted octanol–water partition coefficient (Wildman–Crippen LogP) is 3.95. The van der Waals surface area contributed by atoms with Gasteiger partial charge in [-0.2, -0.15) is 0 Å². The highest BCUT2D eigenvalue weighted by Crippen LogP contribution is 2.42. The smallest absolute Gasteiger partial charge is 0.410 e. The number of likely N-dealkylation sites (tertiary alicyclic amines) is 1. The molecule has 2 amide bonds. The Balaban J connectivity index is 1.47. The van der Waals surface area contributed by atoms with Gasteiger partial charge in [0.25, 0.3) is 5.91 Å². The molecule has 2 fully saturated rings. The maximum absolute atomic E-state index is 12.7. The van der Waals surface area contributed by atoms with Gasteiger partial charge in [0.2, 0.25) is 0 Å². The first-order valence-electron chi connectivity index (χ1n) is 9.59. The first kappa shape index (κ1) is 17.9. The number of carbonyl (C=O) groups is 2. The largest absolute Gasteiger partial charge is 0.464 e. The van der Waals surface area contributed by atoms with Crippen LogP contribution < -0.4 is 5.32 Å². The van der Waals surface area contributed by atoms with E-state index in [0.29, 0.717) is 23.6 Å². The number of amides is 2. The molecule has 0 spiro atoms. The van der Waals surface area contributed by atoms with Crippen LogP contribution in [-0.2, 0) is 4.74 Å². The Morgan fingerprint density at radius 1 is 1.26 bits per heavy atom. The number of piperidine rings is 1. The van der Waals surface area contributed by atoms with E-state index < -0.39 is 5.60 Å². The van der Waals surface area contributed by atoms with Crippen molar-refractivity contribution < 1.29 is 18.7 Å². The van der Waals surface area contributed by atoms with Gasteiger partial charge in [0.05, 0.1) is 17.9 Å². The second-order valence-electron chi connectivity index (χ2n) is 8.53. The highest BCUT2D eigenvalue weighted by Gasteiger charge is 2.49. The van der Waals surface area contributed by atoms with Gasteiger partial charge in [0.1, 0.15) is 11.2 Å². The third kappa shape index (κ3) is 3.40. The van der Waals surface area contributed by atoms with Crippen LogP contribution in [0.15, 0.2) is 34.9 Å². The third-order valence-corrected chi connectivity index (χ3v) is 5.56. The van der Waals surface area contributed by atoms with Crippen LogP contribution in [0.1, 0.15) is 50.4 Å². The van der Waals surface area contributed by atoms with E-state index in [1.807, 2.05) is 37.8 Å². The van der Waals surface area contributed by atoms with Gasteiger partial charge < -0.3 is 19.4 Å². The molecular weight excluding hydrogens is 344 g/mol. The van der Waals surface area contributed by atoms with Crippen LogP contribution >= 0.6 is 0 Å². The van der Waals surface area contributed by atoms with Crippen molar-refractivity contribution in [1.82, 2.24) is 10.2 Å². The molecule has 3 atom stereocenters. The zero-order valence-electron chi connectivity index (χ0n) is 16.0. The van der Waals surface area contributed by atoms with E-state index >= 15 is 0 Å². The minimum absolute atomic E-state index is 0.00824. The number of ether oxygens (including phenoxy) is 1. The lowest BCUT2D eigenvalue weighted by Gasteiger charge is -2.36. The molecule has 1 aliphatic heterocycles. The van der Waals surface area contributed by atoms with E-state index in [2.05, 4.69) is 5.32 Å². The average Bonchev–Trinajstić information content (AvgIpc) is 3.32. The molecule has 0 radical (unpaired) electrons. The SMILES string of the molecule is CC(C)(C)OC(=O)N1[C@@H]2CC[C@@H](C2)[C@H]1CNC(=O)c1cccc2occc12. The first-order valence-corrected chi connectivity index (χ1v) is 9.59. The molecule has 0 unspecified atom stereocenters. The summed E-state index contributed by atoms with van der Waals surface area (Å²) < 4.78 is 11.0. The van der Waals surface area contributed by atoms with E-state index in [0.717, 1.165) is 24.6 Å². The first-order chi connectivity index (χ1) is 12.8. The van der Waals surface area contributed by atoms with Gasteiger partial charge in [0, 0.05) is 18.0 Å². The van der Waals surface area contributed by atoms with Gasteiger partial charge in [-0.3, -0.25) is 4.79 Å². The molecule has 144 valence electrons. The van der Waals surface area contributed by atoms with E-state index in [1.54, 1.807) is 18.4 Å². The normalized spacial score (nSPS) is 24.4. The molecule has 2 aromatic rings. The summed E-state index contributed by atoms with van der Waals surface area (Å²) in [5.41, 5.74) is 0.759. The van der Waals surface area contributed by atoms with Gasteiger partial charge in [-0.25, -0.2) is 4.79 Å². The Bertz CT molecular complexity index is 866. The molecule has 1 aliphatic carbocycles. The van der Waals surface area contributed by atoms with Crippen molar-refractivity contribution in [2.75, 3.05) is 6.54 Å². The topological polar surface area (TPSA) is 71.8 Å². The van der Waals surface area contributed by atoms with E-state index in [4.69, 9.17) is 9.15 Å². The number of nitrogens with zero attached hydrogens (tertiary/aromatic N) is 1. The average molecular weight is 370 g/mol. The van der Waals surface area contributed by atoms with Crippen LogP contribution in [0.2, 0.25) is 0 Å². The van der Waals surface area contributed by atoms with Crippen molar-refractivity contribution in [1.29, 1.82) is 0 Å². The Morgan fingerprint density at radius 3 is 2.85 bits per heavy atom. The molecule has 1 aromatic heterocycles. The number of benzene rings is 1. The summed E-state index contributed by atoms with van der Waals surface area (Å²) in [6, 6.07) is 7.46. The van der Waals surface area contributed by atoms with Crippen molar-refractivity contribution in [2.24, 2.45) is 5.92 Å². The fourth-order valence-electron chi connectivity index (χ4n) is 4.44. The summed E-state index contributed by atoms with van der Waals surface area (Å²) in [7, 11) is 0. The molecule has 1 aromatic carbocycles. The van der Waals surface area contributed by atoms with Crippen LogP contribution in [0.25, 0.3) is 11.0 Å². The van der Waals surface area contributed by atoms with Crippen LogP contribution in [-0.4, -0.2) is 41.1 Å². The highest BCUT2D eigenvalue weighted by atomic mass is 16.6. The summed E-state index contributed by atoms with van der Waals surface area (Å²) >= 11 is 0. The zero-order valence-corrected chi connectivity index (χ0v) is 16.0. The minimum atomic E-state index is -0.524. The Morgan fingerprint density at radius 2 is 2.07 bits per heavy atom. The number of fused-ring (bicyclic) bond motifs is 3. The lowest BCUT2D eigenvalue weighted by Crippen LogP contribution is -2.51. The van der Waals surface area contributed by atoms with Crippen molar-refractivity contribution in [3.8, 4) is 0 Å². The fourth-order valence-corrected chi connectivity index (χ4v) is 4.44. The lowest BCUT2D eigenvalue weighted by molar-refractivity contribution is 0.00755. The number of hydrogen-bond acceptors (Lipinski definition) is 4. The summed E-state index contributed by atoms with van der Waals surface area (Å²) in [5.74, 6) is 0.279. The Kier molecular flexibility index (Phi) is 4.36. The fraction of sp³-hybridized carbons (Fsp3) is 0.524. The summed E-state index contributed by atoms with van der Waals surface area (Å²) in [6.45, 7) is 6.07. The molecule has 2 heterocycles. The number of rotatable bonds is 3. The Labute approximate surface area is 158 Å². The molecule has 2 bridgehead atoms. The maximum atomic E-state index is 12.7. The van der Waals surface area contributed by atoms with Crippen LogP contribution in [0.5, 0.6) is 0 Å². The number of carbonyl (C=O) groups excluding carboxylic acids is 2. The molecule has 6 nitrogen and oxygen atoms in total. The highest BCUT2D eigenvalue weighted by molar-refractivity contribution is 6.05. The summed E-state index contributed by atoms with van der Waals surface area (Å²) in [6.07, 6.45) is 4.43. The van der Waals surface area contributed by atoms with Crippen molar-refractivity contribution in [3.63, 3.8) is 0 Å². The van der Waals surface area contributed by atoms with E-state index in [-0.39, 0.29) is 24.1 Å². The standard InChI is InChI=1S/C21H26N2O4/c1-21(2,3)27-20(25)23-14-8-7-13(11-14)17(23)12-22-19(24)16-5-4-6-18-15(16)9-10-26-18/h4-6,9-10,13-14,17H,7-8,11-12H2,1-3H3,(H,22,24)/t13-,14+,17+/m0/s1. The predicted molar refractivity (Wildman–Crippen MR) is 102 cm³/mol. The van der Waals surface area contributed by atoms with Crippen LogP contribution in [0.4, 0.5) is 4.79 Å². The van der Waals surface area contributed by atoms with Gasteiger partial charge >= 0.3 is 6.09 Å². The molecule has 6 heteroatoms. The van der Waals surface area contributed by atoms with Crippen molar-refractivity contribution in [3.05, 3.63) is 36.1 Å². The van der Waals surface area contributed by atoms with Gasteiger partial charge in [0.15, 0.2) is 0 Å². The number of furan rings is 1. The molecule has 27 heavy (non-hydrogen) atoms. The Hall–Kier alpha value is -2.50. The van der Waals surface area contributed by atoms with Crippen molar-refractivity contribution >= 4 is 23.0 Å². The second-order valence-corrected chi connectivity index (χ2v) is 8.53. The van der Waals surface area contributed by atoms with Gasteiger partial charge in [-0.05, 0) is 64.2 Å². The number of hydrogen-bond donors (Lipinski definition) is 1. The molecule has 1 saturated heterocycles. The summed E-state index contributed by atoms with van der Waals surface area (Å²) in [4.78, 5) is 27.3. The number of nitrogens with one attached hydrogen (secondary N) is 1. The molecule has 1 saturated carbocycles. The van der Waals surface area contributed by atoms with Crippen LogP contribution in [0.3, 0.4) is 0 Å². The second kappa shape index (κ2) is 6.59. The van der Waals surface area contributed by atoms with Crippen molar-refractivity contribution in [2.45, 2.75) is 57.7 Å². The molecule has 1 N–H and O–H groups in total. The van der Waals surface area contributed by atoms with Crippen LogP contribution in [0, 0.1) is 5.92 Å². The quantitative estimate of drug-likeness (QED) is 0.888. The maximum Gasteiger partial charge on any atom is 0.410 e. The minimum Gasteiger partial charge on any atom is -0.464 e. The van der Waals surface area contributed by atoms with E-state index in [9.17, 15) is 9.59 Å². The van der Waals surface area contributed by atoms with Gasteiger partial charge in [-0.15, -0.1) is 0 Å². The molecular formula is C21H26N2O4.